The minimum atomic E-state index is 0.767. The second-order valence-corrected chi connectivity index (χ2v) is 5.64. The van der Waals surface area contributed by atoms with Gasteiger partial charge in [-0.15, -0.1) is 0 Å². The van der Waals surface area contributed by atoms with Gasteiger partial charge in [-0.25, -0.2) is 0 Å². The number of fused-ring (bicyclic) bond motifs is 1. The van der Waals surface area contributed by atoms with Crippen molar-refractivity contribution in [3.63, 3.8) is 0 Å². The lowest BCUT2D eigenvalue weighted by molar-refractivity contribution is 0.396. The van der Waals surface area contributed by atoms with Gasteiger partial charge in [-0.3, -0.25) is 0 Å². The third-order valence-corrected chi connectivity index (χ3v) is 4.05. The van der Waals surface area contributed by atoms with Crippen LogP contribution in [0.2, 0.25) is 0 Å². The summed E-state index contributed by atoms with van der Waals surface area (Å²) in [5.74, 6) is 2.54. The van der Waals surface area contributed by atoms with Crippen LogP contribution in [-0.2, 0) is 6.54 Å². The first-order valence-electron chi connectivity index (χ1n) is 8.04. The van der Waals surface area contributed by atoms with E-state index in [1.165, 1.54) is 25.7 Å². The van der Waals surface area contributed by atoms with Crippen molar-refractivity contribution in [2.75, 3.05) is 13.7 Å². The molecule has 0 aliphatic carbocycles. The third kappa shape index (κ3) is 4.24. The van der Waals surface area contributed by atoms with Crippen LogP contribution >= 0.6 is 0 Å². The molecule has 0 aliphatic rings. The summed E-state index contributed by atoms with van der Waals surface area (Å²) < 4.78 is 11.2. The van der Waals surface area contributed by atoms with Crippen molar-refractivity contribution >= 4 is 11.0 Å². The summed E-state index contributed by atoms with van der Waals surface area (Å²) in [5.41, 5.74) is 0.842. The first-order valence-corrected chi connectivity index (χ1v) is 8.04. The Hall–Kier alpha value is -1.48. The Bertz CT molecular complexity index is 547. The quantitative estimate of drug-likeness (QED) is 0.723. The fourth-order valence-electron chi connectivity index (χ4n) is 2.68. The molecule has 0 amide bonds. The number of methoxy groups -OCH3 is 1. The highest BCUT2D eigenvalue weighted by Crippen LogP contribution is 2.28. The van der Waals surface area contributed by atoms with Crippen LogP contribution in [-0.4, -0.2) is 13.7 Å². The van der Waals surface area contributed by atoms with Crippen molar-refractivity contribution in [2.24, 2.45) is 5.92 Å². The summed E-state index contributed by atoms with van der Waals surface area (Å²) in [4.78, 5) is 0. The van der Waals surface area contributed by atoms with Crippen molar-refractivity contribution in [1.82, 2.24) is 5.32 Å². The van der Waals surface area contributed by atoms with Gasteiger partial charge in [0.25, 0.3) is 0 Å². The SMILES string of the molecule is CCCCC(CC)CNCc1cc2cccc(OC)c2o1. The molecule has 2 aromatic rings. The van der Waals surface area contributed by atoms with Crippen molar-refractivity contribution < 1.29 is 9.15 Å². The summed E-state index contributed by atoms with van der Waals surface area (Å²) in [6.45, 7) is 6.36. The zero-order valence-electron chi connectivity index (χ0n) is 13.4. The Morgan fingerprint density at radius 3 is 2.86 bits per heavy atom. The monoisotopic (exact) mass is 289 g/mol. The molecule has 0 spiro atoms. The normalized spacial score (nSPS) is 12.7. The molecule has 1 heterocycles. The van der Waals surface area contributed by atoms with Crippen LogP contribution in [0.4, 0.5) is 0 Å². The maximum atomic E-state index is 5.90. The molecule has 0 bridgehead atoms. The van der Waals surface area contributed by atoms with Crippen LogP contribution in [0.1, 0.15) is 45.3 Å². The summed E-state index contributed by atoms with van der Waals surface area (Å²) in [6, 6.07) is 8.07. The number of unbranched alkanes of at least 4 members (excludes halogenated alkanes) is 1. The molecule has 0 radical (unpaired) electrons. The van der Waals surface area contributed by atoms with Gasteiger partial charge in [0.2, 0.25) is 0 Å². The summed E-state index contributed by atoms with van der Waals surface area (Å²) >= 11 is 0. The molecule has 1 atom stereocenters. The van der Waals surface area contributed by atoms with Crippen LogP contribution in [0, 0.1) is 5.92 Å². The highest BCUT2D eigenvalue weighted by molar-refractivity contribution is 5.83. The first kappa shape index (κ1) is 15.9. The third-order valence-electron chi connectivity index (χ3n) is 4.05. The molecule has 116 valence electrons. The standard InChI is InChI=1S/C18H27NO2/c1-4-6-8-14(5-2)12-19-13-16-11-15-9-7-10-17(20-3)18(15)21-16/h7,9-11,14,19H,4-6,8,12-13H2,1-3H3. The molecule has 1 aromatic heterocycles. The highest BCUT2D eigenvalue weighted by Gasteiger charge is 2.09. The van der Waals surface area contributed by atoms with Gasteiger partial charge in [0.15, 0.2) is 11.3 Å². The fourth-order valence-corrected chi connectivity index (χ4v) is 2.68. The molecule has 21 heavy (non-hydrogen) atoms. The smallest absolute Gasteiger partial charge is 0.176 e. The Kier molecular flexibility index (Phi) is 6.12. The number of nitrogens with one attached hydrogen (secondary N) is 1. The van der Waals surface area contributed by atoms with E-state index in [0.29, 0.717) is 0 Å². The topological polar surface area (TPSA) is 34.4 Å². The maximum Gasteiger partial charge on any atom is 0.176 e. The van der Waals surface area contributed by atoms with Gasteiger partial charge in [-0.2, -0.15) is 0 Å². The number of hydrogen-bond donors (Lipinski definition) is 1. The predicted octanol–water partition coefficient (Wildman–Crippen LogP) is 4.75. The summed E-state index contributed by atoms with van der Waals surface area (Å²) in [5, 5.41) is 4.63. The summed E-state index contributed by atoms with van der Waals surface area (Å²) in [6.07, 6.45) is 5.15. The Balaban J connectivity index is 1.91. The van der Waals surface area contributed by atoms with Crippen LogP contribution in [0.15, 0.2) is 28.7 Å². The molecule has 0 aliphatic heterocycles. The molecular formula is C18H27NO2. The van der Waals surface area contributed by atoms with Crippen LogP contribution in [0.25, 0.3) is 11.0 Å². The zero-order valence-corrected chi connectivity index (χ0v) is 13.4. The predicted molar refractivity (Wildman–Crippen MR) is 87.8 cm³/mol. The number of para-hydroxylation sites is 1. The number of benzene rings is 1. The van der Waals surface area contributed by atoms with Crippen LogP contribution in [0.5, 0.6) is 5.75 Å². The van der Waals surface area contributed by atoms with E-state index in [1.54, 1.807) is 7.11 Å². The average Bonchev–Trinajstić information content (AvgIpc) is 2.93. The van der Waals surface area contributed by atoms with Gasteiger partial charge < -0.3 is 14.5 Å². The van der Waals surface area contributed by atoms with Gasteiger partial charge in [0.05, 0.1) is 13.7 Å². The van der Waals surface area contributed by atoms with E-state index in [4.69, 9.17) is 9.15 Å². The maximum absolute atomic E-state index is 5.90. The van der Waals surface area contributed by atoms with Crippen molar-refractivity contribution in [2.45, 2.75) is 46.1 Å². The van der Waals surface area contributed by atoms with Crippen molar-refractivity contribution in [3.05, 3.63) is 30.0 Å². The molecule has 3 nitrogen and oxygen atoms in total. The number of hydrogen-bond acceptors (Lipinski definition) is 3. The molecule has 3 heteroatoms. The fraction of sp³-hybridized carbons (Fsp3) is 0.556. The van der Waals surface area contributed by atoms with E-state index in [0.717, 1.165) is 41.5 Å². The minimum absolute atomic E-state index is 0.767. The van der Waals surface area contributed by atoms with Gasteiger partial charge in [-0.05, 0) is 31.0 Å². The highest BCUT2D eigenvalue weighted by atomic mass is 16.5. The number of ether oxygens (including phenoxy) is 1. The lowest BCUT2D eigenvalue weighted by Crippen LogP contribution is -2.21. The van der Waals surface area contributed by atoms with Crippen molar-refractivity contribution in [3.8, 4) is 5.75 Å². The molecule has 0 saturated carbocycles. The molecular weight excluding hydrogens is 262 g/mol. The van der Waals surface area contributed by atoms with Gasteiger partial charge in [0, 0.05) is 5.39 Å². The molecule has 1 unspecified atom stereocenters. The second-order valence-electron chi connectivity index (χ2n) is 5.64. The number of furan rings is 1. The Labute approximate surface area is 127 Å². The lowest BCUT2D eigenvalue weighted by Gasteiger charge is -2.14. The van der Waals surface area contributed by atoms with Gasteiger partial charge in [0.1, 0.15) is 5.76 Å². The number of rotatable bonds is 9. The molecule has 2 rings (SSSR count). The first-order chi connectivity index (χ1) is 10.3. The van der Waals surface area contributed by atoms with E-state index in [9.17, 15) is 0 Å². The van der Waals surface area contributed by atoms with Gasteiger partial charge >= 0.3 is 0 Å². The average molecular weight is 289 g/mol. The zero-order chi connectivity index (χ0) is 15.1. The van der Waals surface area contributed by atoms with E-state index in [1.807, 2.05) is 12.1 Å². The van der Waals surface area contributed by atoms with Gasteiger partial charge in [-0.1, -0.05) is 45.2 Å². The van der Waals surface area contributed by atoms with Crippen LogP contribution in [0.3, 0.4) is 0 Å². The Morgan fingerprint density at radius 2 is 2.14 bits per heavy atom. The molecule has 0 saturated heterocycles. The largest absolute Gasteiger partial charge is 0.493 e. The van der Waals surface area contributed by atoms with E-state index in [-0.39, 0.29) is 0 Å². The molecule has 1 aromatic carbocycles. The van der Waals surface area contributed by atoms with E-state index >= 15 is 0 Å². The van der Waals surface area contributed by atoms with Crippen LogP contribution < -0.4 is 10.1 Å². The molecule has 0 fully saturated rings. The summed E-state index contributed by atoms with van der Waals surface area (Å²) in [7, 11) is 1.68. The van der Waals surface area contributed by atoms with E-state index in [2.05, 4.69) is 31.3 Å². The second kappa shape index (κ2) is 8.08. The Morgan fingerprint density at radius 1 is 1.29 bits per heavy atom. The van der Waals surface area contributed by atoms with E-state index < -0.39 is 0 Å². The van der Waals surface area contributed by atoms with Crippen molar-refractivity contribution in [1.29, 1.82) is 0 Å². The lowest BCUT2D eigenvalue weighted by atomic mass is 9.99. The molecule has 1 N–H and O–H groups in total. The minimum Gasteiger partial charge on any atom is -0.493 e.